The number of rotatable bonds is 4. The van der Waals surface area contributed by atoms with Crippen LogP contribution in [-0.2, 0) is 4.79 Å². The molecule has 0 aliphatic carbocycles. The maximum absolute atomic E-state index is 12.0. The molecule has 0 saturated heterocycles. The van der Waals surface area contributed by atoms with Crippen LogP contribution in [0.3, 0.4) is 0 Å². The summed E-state index contributed by atoms with van der Waals surface area (Å²) in [5.41, 5.74) is 1.20. The number of fused-ring (bicyclic) bond motifs is 1. The topological polar surface area (TPSA) is 87.7 Å². The van der Waals surface area contributed by atoms with E-state index < -0.39 is 11.9 Å². The zero-order valence-electron chi connectivity index (χ0n) is 10.6. The maximum Gasteiger partial charge on any atom is 0.308 e. The largest absolute Gasteiger partial charge is 0.489 e. The van der Waals surface area contributed by atoms with Gasteiger partial charge in [0.15, 0.2) is 5.75 Å². The highest BCUT2D eigenvalue weighted by Gasteiger charge is 2.20. The molecule has 6 heteroatoms. The molecule has 6 nitrogen and oxygen atoms in total. The number of carbonyl (C=O) groups excluding carboxylic acids is 1. The standard InChI is InChI=1S/C13H16N2O4/c1-8(13(17)18)7-15-12(16)9-3-2-4-10-11(9)19-6-5-14-10/h2-4,8,14H,5-7H2,1H3,(H,15,16)(H,17,18). The number of amides is 1. The van der Waals surface area contributed by atoms with Crippen LogP contribution in [0, 0.1) is 5.92 Å². The van der Waals surface area contributed by atoms with E-state index in [2.05, 4.69) is 10.6 Å². The van der Waals surface area contributed by atoms with Crippen molar-refractivity contribution in [3.8, 4) is 5.75 Å². The molecule has 1 unspecified atom stereocenters. The van der Waals surface area contributed by atoms with Crippen LogP contribution in [0.25, 0.3) is 0 Å². The zero-order valence-corrected chi connectivity index (χ0v) is 10.6. The normalized spacial score (nSPS) is 14.6. The summed E-state index contributed by atoms with van der Waals surface area (Å²) in [6.07, 6.45) is 0. The first-order valence-electron chi connectivity index (χ1n) is 6.10. The monoisotopic (exact) mass is 264 g/mol. The van der Waals surface area contributed by atoms with Gasteiger partial charge in [0.25, 0.3) is 5.91 Å². The number of nitrogens with one attached hydrogen (secondary N) is 2. The van der Waals surface area contributed by atoms with Crippen molar-refractivity contribution in [2.45, 2.75) is 6.92 Å². The van der Waals surface area contributed by atoms with Crippen LogP contribution >= 0.6 is 0 Å². The molecule has 1 aliphatic heterocycles. The van der Waals surface area contributed by atoms with E-state index in [0.29, 0.717) is 24.5 Å². The van der Waals surface area contributed by atoms with Gasteiger partial charge in [-0.15, -0.1) is 0 Å². The fourth-order valence-electron chi connectivity index (χ4n) is 1.78. The summed E-state index contributed by atoms with van der Waals surface area (Å²) in [5.74, 6) is -1.36. The van der Waals surface area contributed by atoms with Crippen molar-refractivity contribution in [1.82, 2.24) is 5.32 Å². The van der Waals surface area contributed by atoms with Crippen LogP contribution < -0.4 is 15.4 Å². The molecule has 19 heavy (non-hydrogen) atoms. The summed E-state index contributed by atoms with van der Waals surface area (Å²) in [4.78, 5) is 22.7. The summed E-state index contributed by atoms with van der Waals surface area (Å²) in [6.45, 7) is 2.84. The van der Waals surface area contributed by atoms with E-state index in [-0.39, 0.29) is 12.5 Å². The number of para-hydroxylation sites is 1. The van der Waals surface area contributed by atoms with Crippen LogP contribution in [0.5, 0.6) is 5.75 Å². The average Bonchev–Trinajstić information content (AvgIpc) is 2.43. The van der Waals surface area contributed by atoms with Crippen LogP contribution in [0.15, 0.2) is 18.2 Å². The van der Waals surface area contributed by atoms with Gasteiger partial charge in [0.2, 0.25) is 0 Å². The smallest absolute Gasteiger partial charge is 0.308 e. The summed E-state index contributed by atoms with van der Waals surface area (Å²) in [6, 6.07) is 5.26. The minimum absolute atomic E-state index is 0.0886. The lowest BCUT2D eigenvalue weighted by Crippen LogP contribution is -2.32. The molecule has 102 valence electrons. The van der Waals surface area contributed by atoms with Crippen molar-refractivity contribution in [1.29, 1.82) is 0 Å². The number of hydrogen-bond acceptors (Lipinski definition) is 4. The molecule has 3 N–H and O–H groups in total. The van der Waals surface area contributed by atoms with Crippen LogP contribution in [0.1, 0.15) is 17.3 Å². The van der Waals surface area contributed by atoms with Crippen LogP contribution in [0.2, 0.25) is 0 Å². The summed E-state index contributed by atoms with van der Waals surface area (Å²) >= 11 is 0. The third-order valence-electron chi connectivity index (χ3n) is 2.91. The van der Waals surface area contributed by atoms with Gasteiger partial charge in [-0.2, -0.15) is 0 Å². The maximum atomic E-state index is 12.0. The Hall–Kier alpha value is -2.24. The number of carboxylic acids is 1. The Morgan fingerprint density at radius 3 is 3.05 bits per heavy atom. The van der Waals surface area contributed by atoms with Gasteiger partial charge < -0.3 is 20.5 Å². The third-order valence-corrected chi connectivity index (χ3v) is 2.91. The molecule has 1 aromatic rings. The molecular formula is C13H16N2O4. The van der Waals surface area contributed by atoms with Crippen molar-refractivity contribution in [3.05, 3.63) is 23.8 Å². The number of carbonyl (C=O) groups is 2. The Bertz CT molecular complexity index is 501. The van der Waals surface area contributed by atoms with Gasteiger partial charge in [-0.25, -0.2) is 0 Å². The quantitative estimate of drug-likeness (QED) is 0.753. The summed E-state index contributed by atoms with van der Waals surface area (Å²) in [5, 5.41) is 14.5. The predicted molar refractivity (Wildman–Crippen MR) is 69.6 cm³/mol. The number of aliphatic carboxylic acids is 1. The Labute approximate surface area is 110 Å². The third kappa shape index (κ3) is 2.96. The van der Waals surface area contributed by atoms with E-state index in [4.69, 9.17) is 9.84 Å². The number of benzene rings is 1. The molecule has 0 fully saturated rings. The van der Waals surface area contributed by atoms with E-state index in [1.807, 2.05) is 6.07 Å². The number of ether oxygens (including phenoxy) is 1. The van der Waals surface area contributed by atoms with Gasteiger partial charge in [-0.05, 0) is 12.1 Å². The van der Waals surface area contributed by atoms with Crippen molar-refractivity contribution < 1.29 is 19.4 Å². The molecule has 1 atom stereocenters. The van der Waals surface area contributed by atoms with Gasteiger partial charge in [0.1, 0.15) is 6.61 Å². The van der Waals surface area contributed by atoms with Crippen molar-refractivity contribution >= 4 is 17.6 Å². The summed E-state index contributed by atoms with van der Waals surface area (Å²) in [7, 11) is 0. The first kappa shape index (κ1) is 13.2. The molecular weight excluding hydrogens is 248 g/mol. The number of anilines is 1. The van der Waals surface area contributed by atoms with Crippen molar-refractivity contribution in [2.75, 3.05) is 25.0 Å². The van der Waals surface area contributed by atoms with Gasteiger partial charge in [0.05, 0.1) is 17.2 Å². The Kier molecular flexibility index (Phi) is 3.89. The molecule has 1 amide bonds. The first-order valence-corrected chi connectivity index (χ1v) is 6.10. The molecule has 0 radical (unpaired) electrons. The number of hydrogen-bond donors (Lipinski definition) is 3. The molecule has 2 rings (SSSR count). The van der Waals surface area contributed by atoms with E-state index in [0.717, 1.165) is 5.69 Å². The lowest BCUT2D eigenvalue weighted by atomic mass is 10.1. The van der Waals surface area contributed by atoms with Gasteiger partial charge in [-0.1, -0.05) is 13.0 Å². The SMILES string of the molecule is CC(CNC(=O)c1cccc2c1OCCN2)C(=O)O. The molecule has 0 saturated carbocycles. The molecule has 0 spiro atoms. The molecule has 0 aromatic heterocycles. The molecule has 0 bridgehead atoms. The van der Waals surface area contributed by atoms with Crippen LogP contribution in [0.4, 0.5) is 5.69 Å². The molecule has 1 heterocycles. The van der Waals surface area contributed by atoms with Crippen molar-refractivity contribution in [2.24, 2.45) is 5.92 Å². The Balaban J connectivity index is 2.09. The van der Waals surface area contributed by atoms with Gasteiger partial charge >= 0.3 is 5.97 Å². The van der Waals surface area contributed by atoms with Gasteiger partial charge in [0, 0.05) is 13.1 Å². The average molecular weight is 264 g/mol. The van der Waals surface area contributed by atoms with E-state index in [1.54, 1.807) is 19.1 Å². The molecule has 1 aliphatic rings. The predicted octanol–water partition coefficient (Wildman–Crippen LogP) is 0.941. The van der Waals surface area contributed by atoms with Gasteiger partial charge in [-0.3, -0.25) is 9.59 Å². The van der Waals surface area contributed by atoms with Crippen LogP contribution in [-0.4, -0.2) is 36.7 Å². The zero-order chi connectivity index (χ0) is 13.8. The highest BCUT2D eigenvalue weighted by Crippen LogP contribution is 2.30. The lowest BCUT2D eigenvalue weighted by Gasteiger charge is -2.21. The second-order valence-electron chi connectivity index (χ2n) is 4.41. The Morgan fingerprint density at radius 2 is 2.32 bits per heavy atom. The van der Waals surface area contributed by atoms with E-state index in [9.17, 15) is 9.59 Å². The summed E-state index contributed by atoms with van der Waals surface area (Å²) < 4.78 is 5.49. The lowest BCUT2D eigenvalue weighted by molar-refractivity contribution is -0.140. The fraction of sp³-hybridized carbons (Fsp3) is 0.385. The number of carboxylic acid groups (broad SMARTS) is 1. The minimum atomic E-state index is -0.937. The minimum Gasteiger partial charge on any atom is -0.489 e. The van der Waals surface area contributed by atoms with E-state index in [1.165, 1.54) is 0 Å². The fourth-order valence-corrected chi connectivity index (χ4v) is 1.78. The molecule has 1 aromatic carbocycles. The Morgan fingerprint density at radius 1 is 1.53 bits per heavy atom. The van der Waals surface area contributed by atoms with Crippen molar-refractivity contribution in [3.63, 3.8) is 0 Å². The highest BCUT2D eigenvalue weighted by atomic mass is 16.5. The second-order valence-corrected chi connectivity index (χ2v) is 4.41. The first-order chi connectivity index (χ1) is 9.09. The van der Waals surface area contributed by atoms with E-state index >= 15 is 0 Å². The highest BCUT2D eigenvalue weighted by molar-refractivity contribution is 5.99. The second kappa shape index (κ2) is 5.60.